The highest BCUT2D eigenvalue weighted by atomic mass is 16.5. The van der Waals surface area contributed by atoms with Gasteiger partial charge in [0, 0.05) is 25.3 Å². The van der Waals surface area contributed by atoms with E-state index in [-0.39, 0.29) is 6.03 Å². The van der Waals surface area contributed by atoms with Crippen molar-refractivity contribution in [2.24, 2.45) is 0 Å². The normalized spacial score (nSPS) is 14.2. The monoisotopic (exact) mass is 412 g/mol. The number of nitrogens with zero attached hydrogens (tertiary/aromatic N) is 2. The average molecular weight is 412 g/mol. The van der Waals surface area contributed by atoms with Gasteiger partial charge in [-0.05, 0) is 68.7 Å². The predicted octanol–water partition coefficient (Wildman–Crippen LogP) is 4.00. The van der Waals surface area contributed by atoms with Gasteiger partial charge in [0.25, 0.3) is 0 Å². The molecule has 1 heterocycles. The second-order valence-corrected chi connectivity index (χ2v) is 8.03. The zero-order valence-corrected chi connectivity index (χ0v) is 18.1. The van der Waals surface area contributed by atoms with Gasteiger partial charge in [-0.15, -0.1) is 0 Å². The standard InChI is InChI=1S/C23H28N2O5/c1-15-12-17(13-16(2)20(15)30-23(3,4)21(26)27)14-24-10-11-25(22(24)28)18-6-8-19(29-5)9-7-18/h6-9,12-13H,10-11,14H2,1-5H3,(H,26,27). The number of carboxylic acid groups (broad SMARTS) is 1. The summed E-state index contributed by atoms with van der Waals surface area (Å²) in [7, 11) is 1.61. The Balaban J connectivity index is 1.73. The van der Waals surface area contributed by atoms with Gasteiger partial charge in [-0.3, -0.25) is 4.90 Å². The van der Waals surface area contributed by atoms with Gasteiger partial charge < -0.3 is 19.5 Å². The van der Waals surface area contributed by atoms with Crippen molar-refractivity contribution < 1.29 is 24.2 Å². The molecule has 7 heteroatoms. The van der Waals surface area contributed by atoms with E-state index in [9.17, 15) is 14.7 Å². The van der Waals surface area contributed by atoms with Crippen LogP contribution >= 0.6 is 0 Å². The molecule has 3 rings (SSSR count). The van der Waals surface area contributed by atoms with Crippen LogP contribution in [0.15, 0.2) is 36.4 Å². The molecule has 2 aromatic carbocycles. The van der Waals surface area contributed by atoms with Gasteiger partial charge in [-0.1, -0.05) is 12.1 Å². The lowest BCUT2D eigenvalue weighted by molar-refractivity contribution is -0.152. The third kappa shape index (κ3) is 4.35. The van der Waals surface area contributed by atoms with E-state index in [2.05, 4.69) is 0 Å². The first-order valence-electron chi connectivity index (χ1n) is 9.85. The fourth-order valence-electron chi connectivity index (χ4n) is 3.54. The van der Waals surface area contributed by atoms with Crippen LogP contribution < -0.4 is 14.4 Å². The second-order valence-electron chi connectivity index (χ2n) is 8.03. The van der Waals surface area contributed by atoms with Gasteiger partial charge in [-0.25, -0.2) is 9.59 Å². The Hall–Kier alpha value is -3.22. The number of amides is 2. The Bertz CT molecular complexity index is 930. The van der Waals surface area contributed by atoms with Crippen molar-refractivity contribution in [3.63, 3.8) is 0 Å². The van der Waals surface area contributed by atoms with Crippen molar-refractivity contribution in [2.75, 3.05) is 25.1 Å². The number of benzene rings is 2. The molecule has 2 amide bonds. The van der Waals surface area contributed by atoms with Crippen LogP contribution in [0.4, 0.5) is 10.5 Å². The molecule has 0 aliphatic carbocycles. The zero-order chi connectivity index (χ0) is 22.1. The summed E-state index contributed by atoms with van der Waals surface area (Å²) >= 11 is 0. The number of aliphatic carboxylic acids is 1. The number of anilines is 1. The minimum absolute atomic E-state index is 0.0391. The smallest absolute Gasteiger partial charge is 0.347 e. The van der Waals surface area contributed by atoms with Gasteiger partial charge in [0.1, 0.15) is 11.5 Å². The van der Waals surface area contributed by atoms with Gasteiger partial charge in [0.05, 0.1) is 7.11 Å². The van der Waals surface area contributed by atoms with Crippen LogP contribution in [-0.4, -0.2) is 47.8 Å². The number of hydrogen-bond donors (Lipinski definition) is 1. The molecule has 160 valence electrons. The summed E-state index contributed by atoms with van der Waals surface area (Å²) in [6.07, 6.45) is 0. The molecule has 0 spiro atoms. The van der Waals surface area contributed by atoms with Crippen LogP contribution in [0.2, 0.25) is 0 Å². The molecule has 0 atom stereocenters. The molecule has 0 saturated carbocycles. The summed E-state index contributed by atoms with van der Waals surface area (Å²) in [6, 6.07) is 11.3. The average Bonchev–Trinajstić information content (AvgIpc) is 3.05. The van der Waals surface area contributed by atoms with E-state index in [1.54, 1.807) is 16.9 Å². The summed E-state index contributed by atoms with van der Waals surface area (Å²) in [5, 5.41) is 9.33. The van der Waals surface area contributed by atoms with Crippen molar-refractivity contribution in [2.45, 2.75) is 39.8 Å². The van der Waals surface area contributed by atoms with Crippen LogP contribution in [-0.2, 0) is 11.3 Å². The number of methoxy groups -OCH3 is 1. The van der Waals surface area contributed by atoms with E-state index in [4.69, 9.17) is 9.47 Å². The molecule has 0 bridgehead atoms. The number of carboxylic acids is 1. The Morgan fingerprint density at radius 2 is 1.70 bits per heavy atom. The van der Waals surface area contributed by atoms with Crippen LogP contribution in [0.5, 0.6) is 11.5 Å². The molecular formula is C23H28N2O5. The number of rotatable bonds is 7. The molecular weight excluding hydrogens is 384 g/mol. The van der Waals surface area contributed by atoms with Crippen LogP contribution in [0, 0.1) is 13.8 Å². The summed E-state index contributed by atoms with van der Waals surface area (Å²) in [5.74, 6) is 0.298. The number of carbonyl (C=O) groups is 2. The van der Waals surface area contributed by atoms with Crippen molar-refractivity contribution >= 4 is 17.7 Å². The number of ether oxygens (including phenoxy) is 2. The van der Waals surface area contributed by atoms with Crippen molar-refractivity contribution in [3.05, 3.63) is 53.1 Å². The molecule has 1 N–H and O–H groups in total. The van der Waals surface area contributed by atoms with Gasteiger partial charge in [-0.2, -0.15) is 0 Å². The molecule has 1 aliphatic heterocycles. The summed E-state index contributed by atoms with van der Waals surface area (Å²) < 4.78 is 10.9. The molecule has 1 saturated heterocycles. The predicted molar refractivity (Wildman–Crippen MR) is 114 cm³/mol. The van der Waals surface area contributed by atoms with E-state index in [1.807, 2.05) is 50.2 Å². The quantitative estimate of drug-likeness (QED) is 0.744. The number of hydrogen-bond acceptors (Lipinski definition) is 4. The van der Waals surface area contributed by atoms with E-state index in [1.165, 1.54) is 13.8 Å². The molecule has 0 radical (unpaired) electrons. The molecule has 0 aromatic heterocycles. The van der Waals surface area contributed by atoms with Crippen LogP contribution in [0.25, 0.3) is 0 Å². The van der Waals surface area contributed by atoms with Gasteiger partial charge in [0.2, 0.25) is 0 Å². The zero-order valence-electron chi connectivity index (χ0n) is 18.1. The Kier molecular flexibility index (Phi) is 5.92. The van der Waals surface area contributed by atoms with Crippen LogP contribution in [0.3, 0.4) is 0 Å². The number of aryl methyl sites for hydroxylation is 2. The SMILES string of the molecule is COc1ccc(N2CCN(Cc3cc(C)c(OC(C)(C)C(=O)O)c(C)c3)C2=O)cc1. The maximum atomic E-state index is 12.9. The maximum Gasteiger partial charge on any atom is 0.347 e. The van der Waals surface area contributed by atoms with Gasteiger partial charge in [0.15, 0.2) is 5.60 Å². The van der Waals surface area contributed by atoms with E-state index >= 15 is 0 Å². The molecule has 1 aliphatic rings. The highest BCUT2D eigenvalue weighted by Crippen LogP contribution is 2.30. The highest BCUT2D eigenvalue weighted by Gasteiger charge is 2.32. The summed E-state index contributed by atoms with van der Waals surface area (Å²) in [5.41, 5.74) is 2.20. The largest absolute Gasteiger partial charge is 0.497 e. The van der Waals surface area contributed by atoms with Crippen LogP contribution in [0.1, 0.15) is 30.5 Å². The molecule has 30 heavy (non-hydrogen) atoms. The molecule has 2 aromatic rings. The van der Waals surface area contributed by atoms with E-state index < -0.39 is 11.6 Å². The first-order chi connectivity index (χ1) is 14.1. The molecule has 7 nitrogen and oxygen atoms in total. The molecule has 1 fully saturated rings. The first kappa shape index (κ1) is 21.5. The van der Waals surface area contributed by atoms with E-state index in [0.717, 1.165) is 28.1 Å². The highest BCUT2D eigenvalue weighted by molar-refractivity contribution is 5.94. The van der Waals surface area contributed by atoms with Crippen molar-refractivity contribution in [3.8, 4) is 11.5 Å². The summed E-state index contributed by atoms with van der Waals surface area (Å²) in [6.45, 7) is 8.57. The number of carbonyl (C=O) groups excluding carboxylic acids is 1. The van der Waals surface area contributed by atoms with Gasteiger partial charge >= 0.3 is 12.0 Å². The lowest BCUT2D eigenvalue weighted by atomic mass is 10.0. The Morgan fingerprint density at radius 3 is 2.23 bits per heavy atom. The van der Waals surface area contributed by atoms with Crippen molar-refractivity contribution in [1.82, 2.24) is 4.90 Å². The van der Waals surface area contributed by atoms with E-state index in [0.29, 0.717) is 25.4 Å². The lowest BCUT2D eigenvalue weighted by Crippen LogP contribution is -2.38. The minimum Gasteiger partial charge on any atom is -0.497 e. The third-order valence-electron chi connectivity index (χ3n) is 5.24. The Morgan fingerprint density at radius 1 is 1.10 bits per heavy atom. The lowest BCUT2D eigenvalue weighted by Gasteiger charge is -2.25. The number of urea groups is 1. The maximum absolute atomic E-state index is 12.9. The molecule has 0 unspecified atom stereocenters. The third-order valence-corrected chi connectivity index (χ3v) is 5.24. The fraction of sp³-hybridized carbons (Fsp3) is 0.391. The topological polar surface area (TPSA) is 79.3 Å². The van der Waals surface area contributed by atoms with Crippen molar-refractivity contribution in [1.29, 1.82) is 0 Å². The first-order valence-corrected chi connectivity index (χ1v) is 9.85. The Labute approximate surface area is 176 Å². The second kappa shape index (κ2) is 8.26. The fourth-order valence-corrected chi connectivity index (χ4v) is 3.54. The summed E-state index contributed by atoms with van der Waals surface area (Å²) in [4.78, 5) is 27.8. The minimum atomic E-state index is -1.32.